The lowest BCUT2D eigenvalue weighted by Crippen LogP contribution is -2.06. The molecule has 0 heterocycles. The fourth-order valence-corrected chi connectivity index (χ4v) is 1.82. The summed E-state index contributed by atoms with van der Waals surface area (Å²) in [6.45, 7) is 4.39. The van der Waals surface area contributed by atoms with E-state index in [2.05, 4.69) is 13.8 Å². The minimum absolute atomic E-state index is 0.373. The number of halogens is 2. The second kappa shape index (κ2) is 10.1. The van der Waals surface area contributed by atoms with Gasteiger partial charge in [-0.3, -0.25) is 0 Å². The van der Waals surface area contributed by atoms with Gasteiger partial charge in [-0.1, -0.05) is 46.0 Å². The highest BCUT2D eigenvalue weighted by atomic mass is 35.5. The van der Waals surface area contributed by atoms with E-state index < -0.39 is 0 Å². The minimum Gasteiger partial charge on any atom is -0.127 e. The van der Waals surface area contributed by atoms with Crippen molar-refractivity contribution >= 4 is 23.2 Å². The standard InChI is InChI=1S/C12H24Cl2/c1-11(2)12(14)9-7-5-3-4-6-8-10-13/h11-12H,3-10H2,1-2H3. The van der Waals surface area contributed by atoms with Crippen LogP contribution < -0.4 is 0 Å². The summed E-state index contributed by atoms with van der Waals surface area (Å²) in [6.07, 6.45) is 8.93. The van der Waals surface area contributed by atoms with Crippen molar-refractivity contribution < 1.29 is 0 Å². The van der Waals surface area contributed by atoms with Gasteiger partial charge in [0.15, 0.2) is 0 Å². The summed E-state index contributed by atoms with van der Waals surface area (Å²) in [4.78, 5) is 0. The first-order chi connectivity index (χ1) is 6.68. The van der Waals surface area contributed by atoms with Crippen LogP contribution in [0.4, 0.5) is 0 Å². The molecule has 0 fully saturated rings. The van der Waals surface area contributed by atoms with E-state index in [4.69, 9.17) is 23.2 Å². The smallest absolute Gasteiger partial charge is 0.0359 e. The molecule has 14 heavy (non-hydrogen) atoms. The van der Waals surface area contributed by atoms with Crippen molar-refractivity contribution in [2.24, 2.45) is 5.92 Å². The molecule has 0 aromatic heterocycles. The molecule has 0 amide bonds. The van der Waals surface area contributed by atoms with Crippen LogP contribution in [0.25, 0.3) is 0 Å². The Morgan fingerprint density at radius 2 is 1.36 bits per heavy atom. The molecule has 0 radical (unpaired) electrons. The lowest BCUT2D eigenvalue weighted by Gasteiger charge is -2.12. The Morgan fingerprint density at radius 3 is 1.86 bits per heavy atom. The van der Waals surface area contributed by atoms with Gasteiger partial charge in [-0.05, 0) is 18.8 Å². The van der Waals surface area contributed by atoms with E-state index in [1.54, 1.807) is 0 Å². The van der Waals surface area contributed by atoms with Crippen molar-refractivity contribution in [1.29, 1.82) is 0 Å². The summed E-state index contributed by atoms with van der Waals surface area (Å²) < 4.78 is 0. The van der Waals surface area contributed by atoms with Crippen molar-refractivity contribution in [2.45, 2.75) is 64.2 Å². The Morgan fingerprint density at radius 1 is 0.857 bits per heavy atom. The number of hydrogen-bond donors (Lipinski definition) is 0. The Bertz CT molecular complexity index is 113. The molecule has 86 valence electrons. The van der Waals surface area contributed by atoms with Gasteiger partial charge >= 0.3 is 0 Å². The number of unbranched alkanes of at least 4 members (excludes halogenated alkanes) is 5. The SMILES string of the molecule is CC(C)C(Cl)CCCCCCCCCl. The van der Waals surface area contributed by atoms with Gasteiger partial charge in [0.2, 0.25) is 0 Å². The first kappa shape index (κ1) is 14.6. The average Bonchev–Trinajstić information content (AvgIpc) is 2.16. The molecule has 1 unspecified atom stereocenters. The lowest BCUT2D eigenvalue weighted by atomic mass is 10.0. The van der Waals surface area contributed by atoms with Gasteiger partial charge in [0, 0.05) is 11.3 Å². The maximum absolute atomic E-state index is 6.16. The second-order valence-corrected chi connectivity index (χ2v) is 5.30. The highest BCUT2D eigenvalue weighted by Gasteiger charge is 2.07. The van der Waals surface area contributed by atoms with Crippen molar-refractivity contribution in [1.82, 2.24) is 0 Å². The van der Waals surface area contributed by atoms with Crippen LogP contribution in [0.5, 0.6) is 0 Å². The van der Waals surface area contributed by atoms with Gasteiger partial charge in [-0.15, -0.1) is 23.2 Å². The van der Waals surface area contributed by atoms with Gasteiger partial charge in [0.1, 0.15) is 0 Å². The van der Waals surface area contributed by atoms with Gasteiger partial charge < -0.3 is 0 Å². The van der Waals surface area contributed by atoms with E-state index >= 15 is 0 Å². The van der Waals surface area contributed by atoms with E-state index in [0.29, 0.717) is 11.3 Å². The van der Waals surface area contributed by atoms with Gasteiger partial charge in [-0.2, -0.15) is 0 Å². The molecule has 0 nitrogen and oxygen atoms in total. The molecule has 0 aliphatic carbocycles. The van der Waals surface area contributed by atoms with Gasteiger partial charge in [0.25, 0.3) is 0 Å². The van der Waals surface area contributed by atoms with Crippen LogP contribution in [0.15, 0.2) is 0 Å². The molecule has 0 aromatic carbocycles. The normalized spacial score (nSPS) is 13.5. The predicted octanol–water partition coefficient (Wildman–Crippen LogP) is 5.22. The number of rotatable bonds is 9. The Balaban J connectivity index is 3.06. The maximum atomic E-state index is 6.16. The molecule has 0 spiro atoms. The van der Waals surface area contributed by atoms with Crippen LogP contribution in [-0.2, 0) is 0 Å². The van der Waals surface area contributed by atoms with Crippen molar-refractivity contribution in [3.8, 4) is 0 Å². The summed E-state index contributed by atoms with van der Waals surface area (Å²) in [5.74, 6) is 1.44. The Kier molecular flexibility index (Phi) is 10.5. The predicted molar refractivity (Wildman–Crippen MR) is 67.5 cm³/mol. The molecule has 0 rings (SSSR count). The first-order valence-corrected chi connectivity index (χ1v) is 6.85. The van der Waals surface area contributed by atoms with Gasteiger partial charge in [0.05, 0.1) is 0 Å². The van der Waals surface area contributed by atoms with E-state index in [-0.39, 0.29) is 0 Å². The summed E-state index contributed by atoms with van der Waals surface area (Å²) in [5, 5.41) is 0.373. The van der Waals surface area contributed by atoms with E-state index in [9.17, 15) is 0 Å². The van der Waals surface area contributed by atoms with Crippen LogP contribution in [0.3, 0.4) is 0 Å². The molecule has 0 N–H and O–H groups in total. The van der Waals surface area contributed by atoms with E-state index in [1.807, 2.05) is 0 Å². The third-order valence-electron chi connectivity index (χ3n) is 2.59. The van der Waals surface area contributed by atoms with Crippen LogP contribution in [0.2, 0.25) is 0 Å². The lowest BCUT2D eigenvalue weighted by molar-refractivity contribution is 0.518. The third-order valence-corrected chi connectivity index (χ3v) is 3.58. The second-order valence-electron chi connectivity index (χ2n) is 4.36. The van der Waals surface area contributed by atoms with Gasteiger partial charge in [-0.25, -0.2) is 0 Å². The molecule has 2 heteroatoms. The molecule has 1 atom stereocenters. The van der Waals surface area contributed by atoms with Crippen LogP contribution in [0, 0.1) is 5.92 Å². The molecule has 0 aliphatic heterocycles. The number of hydrogen-bond acceptors (Lipinski definition) is 0. The topological polar surface area (TPSA) is 0 Å². The molecule has 0 saturated carbocycles. The van der Waals surface area contributed by atoms with Crippen molar-refractivity contribution in [3.63, 3.8) is 0 Å². The summed E-state index contributed by atoms with van der Waals surface area (Å²) >= 11 is 11.8. The molecule has 0 bridgehead atoms. The third kappa shape index (κ3) is 9.15. The average molecular weight is 239 g/mol. The zero-order valence-electron chi connectivity index (χ0n) is 9.57. The highest BCUT2D eigenvalue weighted by molar-refractivity contribution is 6.20. The van der Waals surface area contributed by atoms with E-state index in [1.165, 1.54) is 44.9 Å². The minimum atomic E-state index is 0.373. The zero-order valence-corrected chi connectivity index (χ0v) is 11.1. The summed E-state index contributed by atoms with van der Waals surface area (Å²) in [6, 6.07) is 0. The Hall–Kier alpha value is 0.580. The molecule has 0 aromatic rings. The molecule has 0 saturated heterocycles. The zero-order chi connectivity index (χ0) is 10.8. The highest BCUT2D eigenvalue weighted by Crippen LogP contribution is 2.17. The van der Waals surface area contributed by atoms with Crippen LogP contribution in [0.1, 0.15) is 58.8 Å². The molecule has 0 aliphatic rings. The monoisotopic (exact) mass is 238 g/mol. The van der Waals surface area contributed by atoms with Crippen molar-refractivity contribution in [2.75, 3.05) is 5.88 Å². The Labute approximate surface area is 99.4 Å². The van der Waals surface area contributed by atoms with E-state index in [0.717, 1.165) is 5.88 Å². The molecular formula is C12H24Cl2. The largest absolute Gasteiger partial charge is 0.127 e. The summed E-state index contributed by atoms with van der Waals surface area (Å²) in [7, 11) is 0. The van der Waals surface area contributed by atoms with Crippen LogP contribution >= 0.6 is 23.2 Å². The fourth-order valence-electron chi connectivity index (χ4n) is 1.47. The van der Waals surface area contributed by atoms with Crippen LogP contribution in [-0.4, -0.2) is 11.3 Å². The summed E-state index contributed by atoms with van der Waals surface area (Å²) in [5.41, 5.74) is 0. The van der Waals surface area contributed by atoms with Crippen molar-refractivity contribution in [3.05, 3.63) is 0 Å². The number of alkyl halides is 2. The maximum Gasteiger partial charge on any atom is 0.0359 e. The molecular weight excluding hydrogens is 215 g/mol. The first-order valence-electron chi connectivity index (χ1n) is 5.88. The fraction of sp³-hybridized carbons (Fsp3) is 1.00. The quantitative estimate of drug-likeness (QED) is 0.382.